The van der Waals surface area contributed by atoms with Crippen LogP contribution in [-0.4, -0.2) is 24.6 Å². The number of aromatic nitrogens is 1. The minimum Gasteiger partial charge on any atom is -0.356 e. The van der Waals surface area contributed by atoms with E-state index in [0.717, 1.165) is 32.1 Å². The van der Waals surface area contributed by atoms with Crippen LogP contribution in [-0.2, 0) is 6.54 Å². The molecule has 0 atom stereocenters. The normalized spacial score (nSPS) is 17.2. The van der Waals surface area contributed by atoms with Crippen molar-refractivity contribution in [2.75, 3.05) is 24.5 Å². The van der Waals surface area contributed by atoms with E-state index < -0.39 is 0 Å². The Labute approximate surface area is 111 Å². The van der Waals surface area contributed by atoms with Gasteiger partial charge in [0.15, 0.2) is 0 Å². The van der Waals surface area contributed by atoms with Crippen molar-refractivity contribution >= 4 is 5.82 Å². The fourth-order valence-corrected chi connectivity index (χ4v) is 2.54. The summed E-state index contributed by atoms with van der Waals surface area (Å²) in [5.74, 6) is 2.05. The zero-order chi connectivity index (χ0) is 13.0. The quantitative estimate of drug-likeness (QED) is 0.886. The molecule has 2 rings (SSSR count). The maximum Gasteiger partial charge on any atom is 0.131 e. The Morgan fingerprint density at radius 2 is 2.11 bits per heavy atom. The lowest BCUT2D eigenvalue weighted by atomic mass is 9.99. The average molecular weight is 247 g/mol. The minimum absolute atomic E-state index is 0.870. The summed E-state index contributed by atoms with van der Waals surface area (Å²) < 4.78 is 0. The summed E-state index contributed by atoms with van der Waals surface area (Å²) in [4.78, 5) is 7.10. The van der Waals surface area contributed by atoms with Crippen LogP contribution in [0.4, 0.5) is 5.82 Å². The highest BCUT2D eigenvalue weighted by Gasteiger charge is 2.18. The third kappa shape index (κ3) is 3.22. The van der Waals surface area contributed by atoms with E-state index in [1.165, 1.54) is 29.8 Å². The van der Waals surface area contributed by atoms with E-state index in [1.807, 2.05) is 6.20 Å². The van der Waals surface area contributed by atoms with Crippen molar-refractivity contribution in [2.24, 2.45) is 5.92 Å². The summed E-state index contributed by atoms with van der Waals surface area (Å²) >= 11 is 0. The molecular weight excluding hydrogens is 222 g/mol. The van der Waals surface area contributed by atoms with Crippen LogP contribution < -0.4 is 10.2 Å². The third-order valence-electron chi connectivity index (χ3n) is 3.77. The van der Waals surface area contributed by atoms with Crippen molar-refractivity contribution < 1.29 is 0 Å². The van der Waals surface area contributed by atoms with Gasteiger partial charge in [-0.05, 0) is 49.4 Å². The third-order valence-corrected chi connectivity index (χ3v) is 3.77. The molecule has 1 aliphatic heterocycles. The molecule has 0 radical (unpaired) electrons. The standard InChI is InChI=1S/C15H25N3/c1-4-16-10-14-9-13(3)15(17-11-14)18-7-5-12(2)6-8-18/h9,11-12,16H,4-8,10H2,1-3H3. The lowest BCUT2D eigenvalue weighted by molar-refractivity contribution is 0.436. The van der Waals surface area contributed by atoms with Gasteiger partial charge < -0.3 is 10.2 Å². The SMILES string of the molecule is CCNCc1cnc(N2CCC(C)CC2)c(C)c1. The van der Waals surface area contributed by atoms with Gasteiger partial charge in [0.25, 0.3) is 0 Å². The van der Waals surface area contributed by atoms with Crippen LogP contribution in [0.25, 0.3) is 0 Å². The van der Waals surface area contributed by atoms with Crippen LogP contribution in [0.2, 0.25) is 0 Å². The molecule has 1 aromatic heterocycles. The number of hydrogen-bond acceptors (Lipinski definition) is 3. The number of pyridine rings is 1. The molecule has 0 aromatic carbocycles. The van der Waals surface area contributed by atoms with Gasteiger partial charge in [0.2, 0.25) is 0 Å². The van der Waals surface area contributed by atoms with Gasteiger partial charge in [0, 0.05) is 25.8 Å². The highest BCUT2D eigenvalue weighted by atomic mass is 15.2. The molecule has 1 aromatic rings. The molecule has 0 amide bonds. The first-order valence-corrected chi connectivity index (χ1v) is 7.12. The predicted molar refractivity (Wildman–Crippen MR) is 77.0 cm³/mol. The molecule has 18 heavy (non-hydrogen) atoms. The molecule has 3 heteroatoms. The van der Waals surface area contributed by atoms with Crippen molar-refractivity contribution in [1.82, 2.24) is 10.3 Å². The Bertz CT molecular complexity index is 381. The van der Waals surface area contributed by atoms with Gasteiger partial charge in [-0.2, -0.15) is 0 Å². The first-order chi connectivity index (χ1) is 8.70. The van der Waals surface area contributed by atoms with Crippen molar-refractivity contribution in [3.8, 4) is 0 Å². The summed E-state index contributed by atoms with van der Waals surface area (Å²) in [5.41, 5.74) is 2.59. The lowest BCUT2D eigenvalue weighted by Crippen LogP contribution is -2.34. The Hall–Kier alpha value is -1.09. The van der Waals surface area contributed by atoms with Crippen molar-refractivity contribution in [3.05, 3.63) is 23.4 Å². The first-order valence-electron chi connectivity index (χ1n) is 7.12. The molecule has 1 fully saturated rings. The second-order valence-electron chi connectivity index (χ2n) is 5.43. The van der Waals surface area contributed by atoms with E-state index in [1.54, 1.807) is 0 Å². The number of nitrogens with zero attached hydrogens (tertiary/aromatic N) is 2. The van der Waals surface area contributed by atoms with Gasteiger partial charge in [-0.15, -0.1) is 0 Å². The topological polar surface area (TPSA) is 28.2 Å². The Balaban J connectivity index is 2.05. The highest BCUT2D eigenvalue weighted by Crippen LogP contribution is 2.24. The molecule has 1 aliphatic rings. The second kappa shape index (κ2) is 6.19. The minimum atomic E-state index is 0.870. The van der Waals surface area contributed by atoms with Gasteiger partial charge in [0.05, 0.1) is 0 Å². The van der Waals surface area contributed by atoms with E-state index in [0.29, 0.717) is 0 Å². The molecule has 0 saturated carbocycles. The summed E-state index contributed by atoms with van der Waals surface area (Å²) in [6.45, 7) is 10.9. The smallest absolute Gasteiger partial charge is 0.131 e. The average Bonchev–Trinajstić information content (AvgIpc) is 2.38. The molecule has 100 valence electrons. The second-order valence-corrected chi connectivity index (χ2v) is 5.43. The molecule has 1 N–H and O–H groups in total. The predicted octanol–water partition coefficient (Wildman–Crippen LogP) is 2.74. The summed E-state index contributed by atoms with van der Waals surface area (Å²) in [5, 5.41) is 3.34. The van der Waals surface area contributed by atoms with Crippen LogP contribution in [0.15, 0.2) is 12.3 Å². The van der Waals surface area contributed by atoms with Crippen molar-refractivity contribution in [2.45, 2.75) is 40.2 Å². The van der Waals surface area contributed by atoms with Crippen LogP contribution >= 0.6 is 0 Å². The Morgan fingerprint density at radius 1 is 1.39 bits per heavy atom. The van der Waals surface area contributed by atoms with E-state index in [4.69, 9.17) is 0 Å². The maximum absolute atomic E-state index is 4.67. The molecule has 0 unspecified atom stereocenters. The fraction of sp³-hybridized carbons (Fsp3) is 0.667. The zero-order valence-corrected chi connectivity index (χ0v) is 11.9. The number of nitrogens with one attached hydrogen (secondary N) is 1. The number of hydrogen-bond donors (Lipinski definition) is 1. The summed E-state index contributed by atoms with van der Waals surface area (Å²) in [6.07, 6.45) is 4.60. The number of anilines is 1. The van der Waals surface area contributed by atoms with Gasteiger partial charge in [-0.1, -0.05) is 13.8 Å². The van der Waals surface area contributed by atoms with Crippen molar-refractivity contribution in [3.63, 3.8) is 0 Å². The molecule has 2 heterocycles. The molecule has 0 aliphatic carbocycles. The summed E-state index contributed by atoms with van der Waals surface area (Å²) in [7, 11) is 0. The lowest BCUT2D eigenvalue weighted by Gasteiger charge is -2.32. The van der Waals surface area contributed by atoms with Crippen LogP contribution in [0, 0.1) is 12.8 Å². The monoisotopic (exact) mass is 247 g/mol. The van der Waals surface area contributed by atoms with Crippen molar-refractivity contribution in [1.29, 1.82) is 0 Å². The van der Waals surface area contributed by atoms with Gasteiger partial charge in [0.1, 0.15) is 5.82 Å². The molecule has 0 bridgehead atoms. The zero-order valence-electron chi connectivity index (χ0n) is 11.9. The summed E-state index contributed by atoms with van der Waals surface area (Å²) in [6, 6.07) is 2.27. The van der Waals surface area contributed by atoms with Gasteiger partial charge in [-0.3, -0.25) is 0 Å². The van der Waals surface area contributed by atoms with E-state index >= 15 is 0 Å². The number of aryl methyl sites for hydroxylation is 1. The number of rotatable bonds is 4. The van der Waals surface area contributed by atoms with Crippen LogP contribution in [0.1, 0.15) is 37.8 Å². The molecule has 3 nitrogen and oxygen atoms in total. The largest absolute Gasteiger partial charge is 0.356 e. The fourth-order valence-electron chi connectivity index (χ4n) is 2.54. The Kier molecular flexibility index (Phi) is 4.59. The highest BCUT2D eigenvalue weighted by molar-refractivity contribution is 5.47. The van der Waals surface area contributed by atoms with Gasteiger partial charge in [-0.25, -0.2) is 4.98 Å². The number of piperidine rings is 1. The molecule has 0 spiro atoms. The molecule has 1 saturated heterocycles. The van der Waals surface area contributed by atoms with E-state index in [-0.39, 0.29) is 0 Å². The van der Waals surface area contributed by atoms with E-state index in [9.17, 15) is 0 Å². The first kappa shape index (κ1) is 13.3. The Morgan fingerprint density at radius 3 is 2.72 bits per heavy atom. The van der Waals surface area contributed by atoms with Crippen LogP contribution in [0.5, 0.6) is 0 Å². The molecular formula is C15H25N3. The van der Waals surface area contributed by atoms with E-state index in [2.05, 4.69) is 42.0 Å². The van der Waals surface area contributed by atoms with Gasteiger partial charge >= 0.3 is 0 Å². The maximum atomic E-state index is 4.67. The van der Waals surface area contributed by atoms with Crippen LogP contribution in [0.3, 0.4) is 0 Å².